The Bertz CT molecular complexity index is 587. The first-order valence-electron chi connectivity index (χ1n) is 7.97. The summed E-state index contributed by atoms with van der Waals surface area (Å²) in [4.78, 5) is 16.1. The Kier molecular flexibility index (Phi) is 4.36. The van der Waals surface area contributed by atoms with Gasteiger partial charge in [-0.2, -0.15) is 13.2 Å². The lowest BCUT2D eigenvalue weighted by atomic mass is 10.1. The van der Waals surface area contributed by atoms with Crippen molar-refractivity contribution in [1.29, 1.82) is 0 Å². The largest absolute Gasteiger partial charge is 0.416 e. The second-order valence-electron chi connectivity index (χ2n) is 6.71. The fraction of sp³-hybridized carbons (Fsp3) is 0.588. The molecule has 23 heavy (non-hydrogen) atoms. The van der Waals surface area contributed by atoms with Gasteiger partial charge in [-0.15, -0.1) is 0 Å². The minimum Gasteiger partial charge on any atom is -0.340 e. The Morgan fingerprint density at radius 3 is 2.74 bits per heavy atom. The summed E-state index contributed by atoms with van der Waals surface area (Å²) < 4.78 is 38.2. The standard InChI is InChI=1S/C17H21F3N2O/c1-21(9-12-3-2-4-14(7-12)17(18,19)20)16(23)11-22-10-13-5-6-15(22)8-13/h2-4,7,13,15H,5-6,8-11H2,1H3/t13-,15+/m1/s1. The molecule has 2 bridgehead atoms. The second-order valence-corrected chi connectivity index (χ2v) is 6.71. The zero-order chi connectivity index (χ0) is 16.6. The van der Waals surface area contributed by atoms with Crippen molar-refractivity contribution in [3.8, 4) is 0 Å². The fourth-order valence-electron chi connectivity index (χ4n) is 3.72. The van der Waals surface area contributed by atoms with E-state index in [1.807, 2.05) is 0 Å². The van der Waals surface area contributed by atoms with Crippen molar-refractivity contribution in [3.63, 3.8) is 0 Å². The van der Waals surface area contributed by atoms with Gasteiger partial charge in [-0.3, -0.25) is 9.69 Å². The molecule has 0 radical (unpaired) electrons. The van der Waals surface area contributed by atoms with Crippen LogP contribution in [0, 0.1) is 5.92 Å². The number of likely N-dealkylation sites (N-methyl/N-ethyl adjacent to an activating group) is 1. The molecule has 6 heteroatoms. The van der Waals surface area contributed by atoms with Gasteiger partial charge in [-0.1, -0.05) is 12.1 Å². The van der Waals surface area contributed by atoms with E-state index in [1.54, 1.807) is 13.1 Å². The Labute approximate surface area is 134 Å². The van der Waals surface area contributed by atoms with Crippen LogP contribution in [0.25, 0.3) is 0 Å². The molecule has 1 aromatic rings. The summed E-state index contributed by atoms with van der Waals surface area (Å²) in [7, 11) is 1.65. The number of benzene rings is 1. The third-order valence-electron chi connectivity index (χ3n) is 4.96. The number of carbonyl (C=O) groups is 1. The van der Waals surface area contributed by atoms with Crippen LogP contribution in [0.5, 0.6) is 0 Å². The van der Waals surface area contributed by atoms with Gasteiger partial charge in [0, 0.05) is 26.2 Å². The van der Waals surface area contributed by atoms with Crippen LogP contribution in [0.4, 0.5) is 13.2 Å². The maximum atomic E-state index is 12.7. The van der Waals surface area contributed by atoms with Crippen molar-refractivity contribution < 1.29 is 18.0 Å². The normalized spacial score (nSPS) is 24.2. The molecule has 3 rings (SSSR count). The monoisotopic (exact) mass is 326 g/mol. The molecule has 1 aliphatic carbocycles. The maximum Gasteiger partial charge on any atom is 0.416 e. The molecule has 0 unspecified atom stereocenters. The smallest absolute Gasteiger partial charge is 0.340 e. The van der Waals surface area contributed by atoms with Gasteiger partial charge in [-0.05, 0) is 42.9 Å². The van der Waals surface area contributed by atoms with Gasteiger partial charge in [-0.25, -0.2) is 0 Å². The number of fused-ring (bicyclic) bond motifs is 2. The molecule has 2 aliphatic rings. The van der Waals surface area contributed by atoms with Gasteiger partial charge in [0.1, 0.15) is 0 Å². The average Bonchev–Trinajstić information content (AvgIpc) is 3.09. The summed E-state index contributed by atoms with van der Waals surface area (Å²) in [6, 6.07) is 5.69. The van der Waals surface area contributed by atoms with E-state index in [0.717, 1.165) is 31.0 Å². The number of hydrogen-bond acceptors (Lipinski definition) is 2. The number of rotatable bonds is 4. The summed E-state index contributed by atoms with van der Waals surface area (Å²) in [6.07, 6.45) is -0.747. The topological polar surface area (TPSA) is 23.6 Å². The predicted molar refractivity (Wildman–Crippen MR) is 80.6 cm³/mol. The van der Waals surface area contributed by atoms with Crippen LogP contribution in [0.3, 0.4) is 0 Å². The number of alkyl halides is 3. The first kappa shape index (κ1) is 16.3. The van der Waals surface area contributed by atoms with E-state index < -0.39 is 11.7 Å². The molecule has 2 atom stereocenters. The zero-order valence-electron chi connectivity index (χ0n) is 13.1. The van der Waals surface area contributed by atoms with Crippen molar-refractivity contribution in [3.05, 3.63) is 35.4 Å². The Morgan fingerprint density at radius 2 is 2.13 bits per heavy atom. The van der Waals surface area contributed by atoms with E-state index in [4.69, 9.17) is 0 Å². The van der Waals surface area contributed by atoms with Gasteiger partial charge in [0.05, 0.1) is 12.1 Å². The van der Waals surface area contributed by atoms with Crippen LogP contribution in [0.1, 0.15) is 30.4 Å². The molecule has 1 aromatic carbocycles. The van der Waals surface area contributed by atoms with E-state index in [0.29, 0.717) is 18.2 Å². The summed E-state index contributed by atoms with van der Waals surface area (Å²) in [5, 5.41) is 0. The molecule has 3 nitrogen and oxygen atoms in total. The number of amides is 1. The van der Waals surface area contributed by atoms with Crippen molar-refractivity contribution in [2.75, 3.05) is 20.1 Å². The molecule has 126 valence electrons. The average molecular weight is 326 g/mol. The molecule has 1 saturated heterocycles. The summed E-state index contributed by atoms with van der Waals surface area (Å²) >= 11 is 0. The molecule has 2 fully saturated rings. The van der Waals surface area contributed by atoms with Crippen LogP contribution in [0.15, 0.2) is 24.3 Å². The van der Waals surface area contributed by atoms with Crippen LogP contribution >= 0.6 is 0 Å². The predicted octanol–water partition coefficient (Wildman–Crippen LogP) is 3.15. The van der Waals surface area contributed by atoms with E-state index >= 15 is 0 Å². The number of halogens is 3. The van der Waals surface area contributed by atoms with Gasteiger partial charge in [0.15, 0.2) is 0 Å². The second kappa shape index (κ2) is 6.15. The Morgan fingerprint density at radius 1 is 1.35 bits per heavy atom. The SMILES string of the molecule is CN(Cc1cccc(C(F)(F)F)c1)C(=O)CN1C[C@@H]2CC[C@H]1C2. The lowest BCUT2D eigenvalue weighted by molar-refractivity contribution is -0.137. The van der Waals surface area contributed by atoms with Gasteiger partial charge in [0.2, 0.25) is 5.91 Å². The first-order valence-corrected chi connectivity index (χ1v) is 7.97. The zero-order valence-corrected chi connectivity index (χ0v) is 13.1. The molecule has 1 saturated carbocycles. The van der Waals surface area contributed by atoms with Crippen LogP contribution in [-0.2, 0) is 17.5 Å². The van der Waals surface area contributed by atoms with E-state index in [-0.39, 0.29) is 12.5 Å². The molecular weight excluding hydrogens is 305 g/mol. The highest BCUT2D eigenvalue weighted by atomic mass is 19.4. The molecule has 1 amide bonds. The molecule has 1 aliphatic heterocycles. The molecule has 1 heterocycles. The maximum absolute atomic E-state index is 12.7. The number of likely N-dealkylation sites (tertiary alicyclic amines) is 1. The van der Waals surface area contributed by atoms with Gasteiger partial charge >= 0.3 is 6.18 Å². The van der Waals surface area contributed by atoms with Crippen LogP contribution in [0.2, 0.25) is 0 Å². The van der Waals surface area contributed by atoms with Crippen molar-refractivity contribution in [1.82, 2.24) is 9.80 Å². The number of piperidine rings is 1. The quantitative estimate of drug-likeness (QED) is 0.849. The lowest BCUT2D eigenvalue weighted by Gasteiger charge is -2.28. The highest BCUT2D eigenvalue weighted by Gasteiger charge is 2.38. The minimum atomic E-state index is -4.35. The van der Waals surface area contributed by atoms with Crippen molar-refractivity contribution in [2.45, 2.75) is 38.0 Å². The van der Waals surface area contributed by atoms with E-state index in [1.165, 1.54) is 23.8 Å². The molecule has 0 aromatic heterocycles. The lowest BCUT2D eigenvalue weighted by Crippen LogP contribution is -2.41. The minimum absolute atomic E-state index is 0.0324. The fourth-order valence-corrected chi connectivity index (χ4v) is 3.72. The van der Waals surface area contributed by atoms with E-state index in [2.05, 4.69) is 4.90 Å². The van der Waals surface area contributed by atoms with Crippen molar-refractivity contribution in [2.24, 2.45) is 5.92 Å². The third-order valence-corrected chi connectivity index (χ3v) is 4.96. The number of hydrogen-bond donors (Lipinski definition) is 0. The third kappa shape index (κ3) is 3.68. The number of nitrogens with zero attached hydrogens (tertiary/aromatic N) is 2. The molecule has 0 spiro atoms. The van der Waals surface area contributed by atoms with Crippen LogP contribution in [-0.4, -0.2) is 41.9 Å². The Balaban J connectivity index is 1.58. The summed E-state index contributed by atoms with van der Waals surface area (Å²) in [5.74, 6) is 0.691. The highest BCUT2D eigenvalue weighted by Crippen LogP contribution is 2.37. The summed E-state index contributed by atoms with van der Waals surface area (Å²) in [5.41, 5.74) is -0.175. The molecule has 0 N–H and O–H groups in total. The van der Waals surface area contributed by atoms with Gasteiger partial charge < -0.3 is 4.90 Å². The number of carbonyl (C=O) groups excluding carboxylic acids is 1. The first-order chi connectivity index (χ1) is 10.8. The van der Waals surface area contributed by atoms with Gasteiger partial charge in [0.25, 0.3) is 0 Å². The Hall–Kier alpha value is -1.56. The van der Waals surface area contributed by atoms with Crippen molar-refractivity contribution >= 4 is 5.91 Å². The van der Waals surface area contributed by atoms with Crippen LogP contribution < -0.4 is 0 Å². The molecular formula is C17H21F3N2O. The van der Waals surface area contributed by atoms with E-state index in [9.17, 15) is 18.0 Å². The highest BCUT2D eigenvalue weighted by molar-refractivity contribution is 5.78. The summed E-state index contributed by atoms with van der Waals surface area (Å²) in [6.45, 7) is 1.55.